The molecule has 0 fully saturated rings. The molecule has 0 spiro atoms. The Bertz CT molecular complexity index is 749. The summed E-state index contributed by atoms with van der Waals surface area (Å²) >= 11 is 5.08. The molecular weight excluding hydrogens is 334 g/mol. The first-order chi connectivity index (χ1) is 9.76. The van der Waals surface area contributed by atoms with Gasteiger partial charge in [-0.2, -0.15) is 0 Å². The molecule has 0 aliphatic rings. The first-order valence-corrected chi connectivity index (χ1v) is 7.93. The number of aromatic nitrogens is 1. The summed E-state index contributed by atoms with van der Waals surface area (Å²) < 4.78 is 6.68. The molecule has 0 radical (unpaired) electrons. The van der Waals surface area contributed by atoms with Gasteiger partial charge in [0.2, 0.25) is 0 Å². The fraction of sp³-hybridized carbons (Fsp3) is 0.0625. The average Bonchev–Trinajstić information content (AvgIpc) is 2.90. The maximum atomic E-state index is 5.72. The fourth-order valence-electron chi connectivity index (χ4n) is 1.85. The third kappa shape index (κ3) is 2.81. The van der Waals surface area contributed by atoms with Crippen molar-refractivity contribution in [2.45, 2.75) is 11.0 Å². The minimum atomic E-state index is 0.694. The minimum absolute atomic E-state index is 0.694. The highest BCUT2D eigenvalue weighted by molar-refractivity contribution is 9.10. The van der Waals surface area contributed by atoms with Crippen LogP contribution in [0.2, 0.25) is 0 Å². The van der Waals surface area contributed by atoms with Crippen LogP contribution in [0.15, 0.2) is 63.2 Å². The predicted octanol–water partition coefficient (Wildman–Crippen LogP) is 5.53. The van der Waals surface area contributed by atoms with Crippen LogP contribution in [0.4, 0.5) is 0 Å². The Morgan fingerprint density at radius 2 is 2.00 bits per heavy atom. The van der Waals surface area contributed by atoms with Crippen molar-refractivity contribution in [3.63, 3.8) is 0 Å². The van der Waals surface area contributed by atoms with Crippen LogP contribution < -0.4 is 0 Å². The van der Waals surface area contributed by atoms with Gasteiger partial charge in [-0.25, -0.2) is 4.98 Å². The second-order valence-corrected chi connectivity index (χ2v) is 6.08. The molecule has 0 aliphatic carbocycles. The topological polar surface area (TPSA) is 26.0 Å². The maximum Gasteiger partial charge on any atom is 0.257 e. The van der Waals surface area contributed by atoms with Crippen molar-refractivity contribution in [3.05, 3.63) is 64.6 Å². The molecule has 0 aliphatic heterocycles. The van der Waals surface area contributed by atoms with Crippen molar-refractivity contribution < 1.29 is 4.42 Å². The monoisotopic (exact) mass is 345 g/mol. The van der Waals surface area contributed by atoms with Crippen LogP contribution in [0.5, 0.6) is 0 Å². The highest BCUT2D eigenvalue weighted by Crippen LogP contribution is 2.29. The van der Waals surface area contributed by atoms with Gasteiger partial charge < -0.3 is 4.42 Å². The second kappa shape index (κ2) is 5.85. The fourth-order valence-corrected chi connectivity index (χ4v) is 3.08. The Morgan fingerprint density at radius 1 is 1.20 bits per heavy atom. The lowest BCUT2D eigenvalue weighted by atomic mass is 10.1. The highest BCUT2D eigenvalue weighted by atomic mass is 79.9. The predicted molar refractivity (Wildman–Crippen MR) is 87.8 cm³/mol. The number of para-hydroxylation sites is 1. The zero-order valence-electron chi connectivity index (χ0n) is 10.7. The highest BCUT2D eigenvalue weighted by Gasteiger charge is 2.08. The Kier molecular flexibility index (Phi) is 3.94. The molecule has 100 valence electrons. The van der Waals surface area contributed by atoms with Gasteiger partial charge in [0.05, 0.1) is 0 Å². The zero-order valence-corrected chi connectivity index (χ0v) is 13.1. The van der Waals surface area contributed by atoms with Gasteiger partial charge >= 0.3 is 0 Å². The van der Waals surface area contributed by atoms with Crippen LogP contribution in [-0.4, -0.2) is 4.98 Å². The third-order valence-electron chi connectivity index (χ3n) is 2.93. The van der Waals surface area contributed by atoms with Crippen LogP contribution >= 0.6 is 27.7 Å². The summed E-state index contributed by atoms with van der Waals surface area (Å²) in [6.45, 7) is 3.75. The summed E-state index contributed by atoms with van der Waals surface area (Å²) in [4.78, 5) is 4.49. The number of fused-ring (bicyclic) bond motifs is 1. The molecule has 0 bridgehead atoms. The van der Waals surface area contributed by atoms with E-state index in [9.17, 15) is 0 Å². The van der Waals surface area contributed by atoms with Crippen LogP contribution in [0.25, 0.3) is 17.2 Å². The summed E-state index contributed by atoms with van der Waals surface area (Å²) in [7, 11) is 0. The van der Waals surface area contributed by atoms with Gasteiger partial charge in [-0.15, -0.1) is 0 Å². The molecule has 20 heavy (non-hydrogen) atoms. The standard InChI is InChI=1S/C16H12BrNOS/c1-2-11-6-8-12(9-7-11)10-20-16-18-15-13(17)4-3-5-14(15)19-16/h2-9H,1,10H2. The van der Waals surface area contributed by atoms with Crippen LogP contribution in [-0.2, 0) is 5.75 Å². The van der Waals surface area contributed by atoms with Gasteiger partial charge in [0.15, 0.2) is 5.58 Å². The number of halogens is 1. The van der Waals surface area contributed by atoms with E-state index in [0.717, 1.165) is 26.9 Å². The van der Waals surface area contributed by atoms with Crippen molar-refractivity contribution >= 4 is 44.9 Å². The van der Waals surface area contributed by atoms with Crippen molar-refractivity contribution in [3.8, 4) is 0 Å². The molecule has 0 N–H and O–H groups in total. The number of nitrogens with zero attached hydrogens (tertiary/aromatic N) is 1. The van der Waals surface area contributed by atoms with Crippen molar-refractivity contribution in [1.29, 1.82) is 0 Å². The minimum Gasteiger partial charge on any atom is -0.431 e. The van der Waals surface area contributed by atoms with E-state index >= 15 is 0 Å². The maximum absolute atomic E-state index is 5.72. The molecular formula is C16H12BrNOS. The largest absolute Gasteiger partial charge is 0.431 e. The van der Waals surface area contributed by atoms with Crippen LogP contribution in [0, 0.1) is 0 Å². The number of rotatable bonds is 4. The van der Waals surface area contributed by atoms with E-state index in [2.05, 4.69) is 51.8 Å². The van der Waals surface area contributed by atoms with E-state index in [1.807, 2.05) is 24.3 Å². The lowest BCUT2D eigenvalue weighted by Crippen LogP contribution is -1.81. The molecule has 2 aromatic carbocycles. The lowest BCUT2D eigenvalue weighted by molar-refractivity contribution is 0.489. The Labute approximate surface area is 130 Å². The molecule has 0 saturated carbocycles. The molecule has 3 rings (SSSR count). The summed E-state index contributed by atoms with van der Waals surface area (Å²) in [6.07, 6.45) is 1.84. The third-order valence-corrected chi connectivity index (χ3v) is 4.47. The molecule has 4 heteroatoms. The number of oxazole rings is 1. The van der Waals surface area contributed by atoms with Crippen molar-refractivity contribution in [2.75, 3.05) is 0 Å². The smallest absolute Gasteiger partial charge is 0.257 e. The first kappa shape index (κ1) is 13.5. The average molecular weight is 346 g/mol. The van der Waals surface area contributed by atoms with E-state index in [1.54, 1.807) is 11.8 Å². The van der Waals surface area contributed by atoms with Crippen LogP contribution in [0.3, 0.4) is 0 Å². The molecule has 2 nitrogen and oxygen atoms in total. The van der Waals surface area contributed by atoms with E-state index in [-0.39, 0.29) is 0 Å². The number of benzene rings is 2. The quantitative estimate of drug-likeness (QED) is 0.581. The zero-order chi connectivity index (χ0) is 13.9. The Balaban J connectivity index is 1.76. The molecule has 1 aromatic heterocycles. The summed E-state index contributed by atoms with van der Waals surface area (Å²) in [5, 5.41) is 0.694. The van der Waals surface area contributed by atoms with Gasteiger partial charge in [-0.1, -0.05) is 54.7 Å². The van der Waals surface area contributed by atoms with Crippen LogP contribution in [0.1, 0.15) is 11.1 Å². The summed E-state index contributed by atoms with van der Waals surface area (Å²) in [6, 6.07) is 14.2. The van der Waals surface area contributed by atoms with E-state index in [1.165, 1.54) is 5.56 Å². The normalized spacial score (nSPS) is 10.8. The molecule has 0 atom stereocenters. The summed E-state index contributed by atoms with van der Waals surface area (Å²) in [5.74, 6) is 0.835. The van der Waals surface area contributed by atoms with Gasteiger partial charge in [-0.05, 0) is 39.2 Å². The van der Waals surface area contributed by atoms with Gasteiger partial charge in [0.1, 0.15) is 5.52 Å². The molecule has 3 aromatic rings. The molecule has 1 heterocycles. The van der Waals surface area contributed by atoms with E-state index in [4.69, 9.17) is 4.42 Å². The van der Waals surface area contributed by atoms with Crippen molar-refractivity contribution in [1.82, 2.24) is 4.98 Å². The molecule has 0 saturated heterocycles. The van der Waals surface area contributed by atoms with Gasteiger partial charge in [0.25, 0.3) is 5.22 Å². The van der Waals surface area contributed by atoms with E-state index in [0.29, 0.717) is 5.22 Å². The second-order valence-electron chi connectivity index (χ2n) is 4.30. The molecule has 0 amide bonds. The number of hydrogen-bond acceptors (Lipinski definition) is 3. The van der Waals surface area contributed by atoms with Gasteiger partial charge in [0, 0.05) is 10.2 Å². The SMILES string of the molecule is C=Cc1ccc(CSc2nc3c(Br)cccc3o2)cc1. The van der Waals surface area contributed by atoms with E-state index < -0.39 is 0 Å². The number of thioether (sulfide) groups is 1. The summed E-state index contributed by atoms with van der Waals surface area (Å²) in [5.41, 5.74) is 4.05. The Morgan fingerprint density at radius 3 is 2.70 bits per heavy atom. The van der Waals surface area contributed by atoms with Gasteiger partial charge in [-0.3, -0.25) is 0 Å². The molecule has 0 unspecified atom stereocenters. The Hall–Kier alpha value is -1.52. The number of hydrogen-bond donors (Lipinski definition) is 0. The van der Waals surface area contributed by atoms with Crippen molar-refractivity contribution in [2.24, 2.45) is 0 Å². The lowest BCUT2D eigenvalue weighted by Gasteiger charge is -1.99. The first-order valence-electron chi connectivity index (χ1n) is 6.15.